The van der Waals surface area contributed by atoms with Crippen molar-refractivity contribution >= 4 is 32.8 Å². The van der Waals surface area contributed by atoms with Gasteiger partial charge in [-0.2, -0.15) is 4.57 Å². The summed E-state index contributed by atoms with van der Waals surface area (Å²) in [7, 11) is 2.20. The smallest absolute Gasteiger partial charge is 0.295 e. The van der Waals surface area contributed by atoms with E-state index in [0.717, 1.165) is 19.3 Å². The van der Waals surface area contributed by atoms with Gasteiger partial charge in [-0.15, -0.1) is 0 Å². The summed E-state index contributed by atoms with van der Waals surface area (Å²) in [6.07, 6.45) is 5.73. The zero-order valence-electron chi connectivity index (χ0n) is 25.5. The van der Waals surface area contributed by atoms with Crippen LogP contribution in [0.4, 0.5) is 0 Å². The molecule has 6 aromatic rings. The average Bonchev–Trinajstić information content (AvgIpc) is 3.51. The van der Waals surface area contributed by atoms with Crippen molar-refractivity contribution in [2.45, 2.75) is 77.7 Å². The molecule has 0 saturated heterocycles. The predicted octanol–water partition coefficient (Wildman–Crippen LogP) is 9.38. The summed E-state index contributed by atoms with van der Waals surface area (Å²) >= 11 is 0. The van der Waals surface area contributed by atoms with Crippen LogP contribution < -0.4 is 4.57 Å². The first-order chi connectivity index (χ1) is 19.9. The Hall–Kier alpha value is -3.85. The van der Waals surface area contributed by atoms with E-state index >= 15 is 0 Å². The van der Waals surface area contributed by atoms with Crippen LogP contribution >= 0.6 is 0 Å². The van der Waals surface area contributed by atoms with E-state index in [4.69, 9.17) is 0 Å². The Bertz CT molecular complexity index is 1950. The molecule has 2 unspecified atom stereocenters. The van der Waals surface area contributed by atoms with Gasteiger partial charge in [0.2, 0.25) is 0 Å². The third-order valence-corrected chi connectivity index (χ3v) is 10.8. The second-order valence-corrected chi connectivity index (χ2v) is 12.6. The lowest BCUT2D eigenvalue weighted by Gasteiger charge is -2.47. The molecular formula is C38H42N3+. The molecule has 0 saturated carbocycles. The van der Waals surface area contributed by atoms with E-state index in [0.29, 0.717) is 0 Å². The van der Waals surface area contributed by atoms with E-state index in [-0.39, 0.29) is 11.0 Å². The molecule has 41 heavy (non-hydrogen) atoms. The van der Waals surface area contributed by atoms with Gasteiger partial charge in [-0.1, -0.05) is 70.5 Å². The largest absolute Gasteiger partial charge is 0.344 e. The highest BCUT2D eigenvalue weighted by atomic mass is 15.2. The third kappa shape index (κ3) is 3.41. The Morgan fingerprint density at radius 2 is 1.44 bits per heavy atom. The van der Waals surface area contributed by atoms with Crippen LogP contribution in [0.5, 0.6) is 0 Å². The van der Waals surface area contributed by atoms with E-state index in [1.807, 2.05) is 0 Å². The summed E-state index contributed by atoms with van der Waals surface area (Å²) in [5.41, 5.74) is 10.6. The standard InChI is InChI=1S/C38H42N3/c1-7-10-15-26-20-22-32-29(24-26)30-25-27(21-23-33(30)39(32)6)40-34-18-13-14-19-35(34)41-36(40)28-16-11-12-17-31(28)37(4,8-2)38(41,5)9-3/h11-14,16-25H,7-10,15H2,1-6H3/q+1. The minimum absolute atomic E-state index is 0.0133. The maximum Gasteiger partial charge on any atom is 0.295 e. The molecule has 3 nitrogen and oxygen atoms in total. The number of unbranched alkanes of at least 4 members (excludes halogenated alkanes) is 1. The number of imidazole rings is 1. The van der Waals surface area contributed by atoms with Crippen LogP contribution in [0.15, 0.2) is 84.9 Å². The molecule has 7 rings (SSSR count). The maximum absolute atomic E-state index is 2.68. The quantitative estimate of drug-likeness (QED) is 0.187. The SMILES string of the molecule is CCCCc1ccc2c(c1)c1cc(-n3c4[n+](c5ccccc53)C(C)(CC)C(C)(CC)c3ccccc3-4)ccc1n2C. The van der Waals surface area contributed by atoms with Crippen LogP contribution in [-0.2, 0) is 24.4 Å². The van der Waals surface area contributed by atoms with Gasteiger partial charge in [0, 0.05) is 34.3 Å². The Morgan fingerprint density at radius 1 is 0.732 bits per heavy atom. The first-order valence-electron chi connectivity index (χ1n) is 15.5. The Labute approximate surface area is 244 Å². The molecule has 0 fully saturated rings. The lowest BCUT2D eigenvalue weighted by Crippen LogP contribution is -2.67. The monoisotopic (exact) mass is 540 g/mol. The number of para-hydroxylation sites is 2. The predicted molar refractivity (Wildman–Crippen MR) is 173 cm³/mol. The number of benzene rings is 4. The Morgan fingerprint density at radius 3 is 2.20 bits per heavy atom. The van der Waals surface area contributed by atoms with Crippen molar-refractivity contribution in [3.8, 4) is 17.1 Å². The van der Waals surface area contributed by atoms with Gasteiger partial charge >= 0.3 is 0 Å². The summed E-state index contributed by atoms with van der Waals surface area (Å²) in [5.74, 6) is 1.29. The van der Waals surface area contributed by atoms with Crippen molar-refractivity contribution in [2.75, 3.05) is 0 Å². The summed E-state index contributed by atoms with van der Waals surface area (Å²) in [4.78, 5) is 0. The Balaban J connectivity index is 1.58. The zero-order chi connectivity index (χ0) is 28.5. The number of nitrogens with zero attached hydrogens (tertiary/aromatic N) is 3. The number of aryl methyl sites for hydroxylation is 2. The number of rotatable bonds is 6. The van der Waals surface area contributed by atoms with Crippen LogP contribution in [0.25, 0.3) is 49.9 Å². The second-order valence-electron chi connectivity index (χ2n) is 12.6. The van der Waals surface area contributed by atoms with Gasteiger partial charge in [-0.3, -0.25) is 0 Å². The molecule has 208 valence electrons. The van der Waals surface area contributed by atoms with E-state index in [9.17, 15) is 0 Å². The molecule has 0 amide bonds. The summed E-state index contributed by atoms with van der Waals surface area (Å²) in [6, 6.07) is 32.3. The highest BCUT2D eigenvalue weighted by molar-refractivity contribution is 6.09. The number of hydrogen-bond donors (Lipinski definition) is 0. The molecule has 1 aliphatic heterocycles. The number of fused-ring (bicyclic) bond motifs is 8. The number of hydrogen-bond acceptors (Lipinski definition) is 0. The molecule has 1 aliphatic rings. The van der Waals surface area contributed by atoms with Gasteiger partial charge in [-0.25, -0.2) is 4.57 Å². The lowest BCUT2D eigenvalue weighted by molar-refractivity contribution is -0.743. The zero-order valence-corrected chi connectivity index (χ0v) is 25.5. The summed E-state index contributed by atoms with van der Waals surface area (Å²) in [6.45, 7) is 12.0. The van der Waals surface area contributed by atoms with Gasteiger partial charge in [0.25, 0.3) is 5.82 Å². The van der Waals surface area contributed by atoms with E-state index in [2.05, 4.69) is 140 Å². The molecular weight excluding hydrogens is 498 g/mol. The molecule has 2 aromatic heterocycles. The van der Waals surface area contributed by atoms with Crippen LogP contribution in [0.1, 0.15) is 71.4 Å². The molecule has 3 heteroatoms. The molecule has 0 spiro atoms. The van der Waals surface area contributed by atoms with Gasteiger partial charge in [0.1, 0.15) is 11.2 Å². The van der Waals surface area contributed by atoms with Crippen molar-refractivity contribution in [3.63, 3.8) is 0 Å². The summed E-state index contributed by atoms with van der Waals surface area (Å²) in [5, 5.41) is 2.68. The van der Waals surface area contributed by atoms with Gasteiger partial charge in [-0.05, 0) is 92.3 Å². The van der Waals surface area contributed by atoms with E-state index < -0.39 is 0 Å². The molecule has 4 aromatic carbocycles. The van der Waals surface area contributed by atoms with Crippen molar-refractivity contribution in [1.82, 2.24) is 9.13 Å². The highest BCUT2D eigenvalue weighted by Crippen LogP contribution is 2.51. The minimum Gasteiger partial charge on any atom is -0.344 e. The molecule has 3 heterocycles. The van der Waals surface area contributed by atoms with Crippen molar-refractivity contribution in [2.24, 2.45) is 7.05 Å². The second kappa shape index (κ2) is 9.34. The fourth-order valence-electron chi connectivity index (χ4n) is 7.92. The van der Waals surface area contributed by atoms with E-state index in [1.54, 1.807) is 0 Å². The first-order valence-corrected chi connectivity index (χ1v) is 15.5. The minimum atomic E-state index is -0.0754. The number of aromatic nitrogens is 3. The van der Waals surface area contributed by atoms with Gasteiger partial charge in [0.15, 0.2) is 11.0 Å². The molecule has 0 bridgehead atoms. The normalized spacial score (nSPS) is 20.1. The fraction of sp³-hybridized carbons (Fsp3) is 0.342. The fourth-order valence-corrected chi connectivity index (χ4v) is 7.92. The van der Waals surface area contributed by atoms with Crippen LogP contribution in [0, 0.1) is 0 Å². The van der Waals surface area contributed by atoms with Crippen LogP contribution in [0.2, 0.25) is 0 Å². The first kappa shape index (κ1) is 26.1. The average molecular weight is 541 g/mol. The van der Waals surface area contributed by atoms with E-state index in [1.165, 1.54) is 73.9 Å². The summed E-state index contributed by atoms with van der Waals surface area (Å²) < 4.78 is 7.58. The molecule has 0 aliphatic carbocycles. The highest BCUT2D eigenvalue weighted by Gasteiger charge is 2.56. The van der Waals surface area contributed by atoms with Crippen molar-refractivity contribution < 1.29 is 4.57 Å². The van der Waals surface area contributed by atoms with Gasteiger partial charge < -0.3 is 4.57 Å². The molecule has 2 atom stereocenters. The van der Waals surface area contributed by atoms with Gasteiger partial charge in [0.05, 0.1) is 5.56 Å². The maximum atomic E-state index is 2.68. The van der Waals surface area contributed by atoms with Crippen LogP contribution in [0.3, 0.4) is 0 Å². The van der Waals surface area contributed by atoms with Crippen molar-refractivity contribution in [3.05, 3.63) is 96.1 Å². The third-order valence-electron chi connectivity index (χ3n) is 10.8. The van der Waals surface area contributed by atoms with Crippen molar-refractivity contribution in [1.29, 1.82) is 0 Å². The topological polar surface area (TPSA) is 13.7 Å². The molecule has 0 N–H and O–H groups in total. The van der Waals surface area contributed by atoms with Crippen LogP contribution in [-0.4, -0.2) is 9.13 Å². The lowest BCUT2D eigenvalue weighted by atomic mass is 9.61. The molecule has 0 radical (unpaired) electrons. The Kier molecular flexibility index (Phi) is 5.94.